The van der Waals surface area contributed by atoms with Crippen LogP contribution in [0.25, 0.3) is 0 Å². The zero-order chi connectivity index (χ0) is 13.8. The summed E-state index contributed by atoms with van der Waals surface area (Å²) in [6.45, 7) is 3.25. The molecule has 1 aromatic rings. The van der Waals surface area contributed by atoms with Crippen molar-refractivity contribution in [3.63, 3.8) is 0 Å². The fourth-order valence-corrected chi connectivity index (χ4v) is 2.51. The lowest BCUT2D eigenvalue weighted by molar-refractivity contribution is -0.138. The van der Waals surface area contributed by atoms with Crippen molar-refractivity contribution in [2.24, 2.45) is 0 Å². The molecule has 104 valence electrons. The van der Waals surface area contributed by atoms with Gasteiger partial charge < -0.3 is 14.6 Å². The van der Waals surface area contributed by atoms with Crippen LogP contribution in [0.2, 0.25) is 0 Å². The minimum Gasteiger partial charge on any atom is -0.496 e. The van der Waals surface area contributed by atoms with Crippen molar-refractivity contribution in [2.75, 3.05) is 20.3 Å². The Bertz CT molecular complexity index is 449. The van der Waals surface area contributed by atoms with E-state index in [2.05, 4.69) is 0 Å². The largest absolute Gasteiger partial charge is 0.496 e. The van der Waals surface area contributed by atoms with Gasteiger partial charge in [0.15, 0.2) is 0 Å². The summed E-state index contributed by atoms with van der Waals surface area (Å²) in [7, 11) is 1.57. The van der Waals surface area contributed by atoms with E-state index in [0.29, 0.717) is 11.7 Å². The Kier molecular flexibility index (Phi) is 4.43. The number of hydrogen-bond acceptors (Lipinski definition) is 3. The molecule has 19 heavy (non-hydrogen) atoms. The highest BCUT2D eigenvalue weighted by Gasteiger charge is 2.22. The number of aliphatic carboxylic acids is 1. The Morgan fingerprint density at radius 1 is 1.42 bits per heavy atom. The number of carboxylic acids is 1. The number of carboxylic acid groups (broad SMARTS) is 1. The topological polar surface area (TPSA) is 55.8 Å². The number of ether oxygens (including phenoxy) is 2. The monoisotopic (exact) mass is 264 g/mol. The minimum absolute atomic E-state index is 0.458. The number of hydrogen-bond donors (Lipinski definition) is 1. The number of carbonyl (C=O) groups is 1. The molecular formula is C15H20O4. The molecule has 1 heterocycles. The molecule has 1 fully saturated rings. The summed E-state index contributed by atoms with van der Waals surface area (Å²) in [4.78, 5) is 11.2. The van der Waals surface area contributed by atoms with Crippen LogP contribution in [0.1, 0.15) is 42.7 Å². The van der Waals surface area contributed by atoms with E-state index in [1.54, 1.807) is 14.0 Å². The second kappa shape index (κ2) is 6.06. The molecule has 0 spiro atoms. The maximum absolute atomic E-state index is 11.2. The van der Waals surface area contributed by atoms with Crippen LogP contribution in [-0.2, 0) is 9.53 Å². The standard InChI is InChI=1S/C15H20O4/c1-10(15(16)17)13-9-12(3-4-14(13)18-2)11-5-7-19-8-6-11/h3-4,9-11H,5-8H2,1-2H3,(H,16,17). The Morgan fingerprint density at radius 2 is 2.11 bits per heavy atom. The molecule has 4 nitrogen and oxygen atoms in total. The third-order valence-electron chi connectivity index (χ3n) is 3.78. The second-order valence-corrected chi connectivity index (χ2v) is 4.95. The van der Waals surface area contributed by atoms with Gasteiger partial charge in [0.05, 0.1) is 13.0 Å². The van der Waals surface area contributed by atoms with Gasteiger partial charge in [0.2, 0.25) is 0 Å². The van der Waals surface area contributed by atoms with E-state index in [9.17, 15) is 9.90 Å². The van der Waals surface area contributed by atoms with Gasteiger partial charge in [-0.25, -0.2) is 0 Å². The minimum atomic E-state index is -0.831. The molecule has 1 aliphatic heterocycles. The lowest BCUT2D eigenvalue weighted by atomic mass is 9.88. The van der Waals surface area contributed by atoms with E-state index in [1.807, 2.05) is 18.2 Å². The van der Waals surface area contributed by atoms with Crippen molar-refractivity contribution in [3.05, 3.63) is 29.3 Å². The van der Waals surface area contributed by atoms with Crippen molar-refractivity contribution < 1.29 is 19.4 Å². The van der Waals surface area contributed by atoms with Gasteiger partial charge in [-0.3, -0.25) is 4.79 Å². The van der Waals surface area contributed by atoms with Crippen molar-refractivity contribution in [1.82, 2.24) is 0 Å². The lowest BCUT2D eigenvalue weighted by Crippen LogP contribution is -2.15. The number of methoxy groups -OCH3 is 1. The highest BCUT2D eigenvalue weighted by atomic mass is 16.5. The van der Waals surface area contributed by atoms with Gasteiger partial charge in [-0.15, -0.1) is 0 Å². The quantitative estimate of drug-likeness (QED) is 0.908. The highest BCUT2D eigenvalue weighted by Crippen LogP contribution is 2.33. The molecule has 0 aromatic heterocycles. The maximum Gasteiger partial charge on any atom is 0.310 e. The zero-order valence-electron chi connectivity index (χ0n) is 11.4. The van der Waals surface area contributed by atoms with Gasteiger partial charge >= 0.3 is 5.97 Å². The van der Waals surface area contributed by atoms with Crippen molar-refractivity contribution in [3.8, 4) is 5.75 Å². The molecule has 0 aliphatic carbocycles. The van der Waals surface area contributed by atoms with E-state index in [1.165, 1.54) is 5.56 Å². The molecule has 1 unspecified atom stereocenters. The first-order valence-corrected chi connectivity index (χ1v) is 6.62. The molecule has 1 atom stereocenters. The van der Waals surface area contributed by atoms with Crippen molar-refractivity contribution in [1.29, 1.82) is 0 Å². The first-order valence-electron chi connectivity index (χ1n) is 6.62. The van der Waals surface area contributed by atoms with E-state index < -0.39 is 11.9 Å². The predicted molar refractivity (Wildman–Crippen MR) is 71.8 cm³/mol. The van der Waals surface area contributed by atoms with E-state index >= 15 is 0 Å². The van der Waals surface area contributed by atoms with Crippen LogP contribution in [0.4, 0.5) is 0 Å². The SMILES string of the molecule is COc1ccc(C2CCOCC2)cc1C(C)C(=O)O. The van der Waals surface area contributed by atoms with Gasteiger partial charge in [-0.05, 0) is 37.3 Å². The maximum atomic E-state index is 11.2. The molecule has 2 rings (SSSR count). The molecule has 1 aliphatic rings. The van der Waals surface area contributed by atoms with Crippen molar-refractivity contribution in [2.45, 2.75) is 31.6 Å². The van der Waals surface area contributed by atoms with Gasteiger partial charge in [0, 0.05) is 18.8 Å². The average Bonchev–Trinajstić information content (AvgIpc) is 2.46. The van der Waals surface area contributed by atoms with Crippen LogP contribution in [0, 0.1) is 0 Å². The summed E-state index contributed by atoms with van der Waals surface area (Å²) in [5, 5.41) is 9.18. The zero-order valence-corrected chi connectivity index (χ0v) is 11.4. The van der Waals surface area contributed by atoms with Crippen LogP contribution in [0.3, 0.4) is 0 Å². The Hall–Kier alpha value is -1.55. The Balaban J connectivity index is 2.31. The summed E-state index contributed by atoms with van der Waals surface area (Å²) < 4.78 is 10.6. The van der Waals surface area contributed by atoms with E-state index in [4.69, 9.17) is 9.47 Å². The van der Waals surface area contributed by atoms with Crippen LogP contribution < -0.4 is 4.74 Å². The number of benzene rings is 1. The van der Waals surface area contributed by atoms with Crippen molar-refractivity contribution >= 4 is 5.97 Å². The second-order valence-electron chi connectivity index (χ2n) is 4.95. The van der Waals surface area contributed by atoms with Gasteiger partial charge in [0.1, 0.15) is 5.75 Å². The van der Waals surface area contributed by atoms with Crippen LogP contribution >= 0.6 is 0 Å². The third kappa shape index (κ3) is 3.07. The molecule has 1 saturated heterocycles. The summed E-state index contributed by atoms with van der Waals surface area (Å²) in [6.07, 6.45) is 1.99. The third-order valence-corrected chi connectivity index (χ3v) is 3.78. The first-order chi connectivity index (χ1) is 9.13. The van der Waals surface area contributed by atoms with E-state index in [0.717, 1.165) is 31.6 Å². The highest BCUT2D eigenvalue weighted by molar-refractivity contribution is 5.76. The summed E-state index contributed by atoms with van der Waals surface area (Å²) in [5.41, 5.74) is 1.94. The van der Waals surface area contributed by atoms with Gasteiger partial charge in [0.25, 0.3) is 0 Å². The Morgan fingerprint density at radius 3 is 2.68 bits per heavy atom. The van der Waals surface area contributed by atoms with Crippen LogP contribution in [0.15, 0.2) is 18.2 Å². The number of rotatable bonds is 4. The van der Waals surface area contributed by atoms with E-state index in [-0.39, 0.29) is 0 Å². The molecule has 0 bridgehead atoms. The molecule has 4 heteroatoms. The predicted octanol–water partition coefficient (Wildman–Crippen LogP) is 2.78. The normalized spacial score (nSPS) is 18.0. The molecular weight excluding hydrogens is 244 g/mol. The molecule has 0 radical (unpaired) electrons. The fourth-order valence-electron chi connectivity index (χ4n) is 2.51. The first kappa shape index (κ1) is 13.9. The van der Waals surface area contributed by atoms with Gasteiger partial charge in [-0.1, -0.05) is 12.1 Å². The molecule has 1 aromatic carbocycles. The average molecular weight is 264 g/mol. The summed E-state index contributed by atoms with van der Waals surface area (Å²) in [6, 6.07) is 5.89. The van der Waals surface area contributed by atoms with Crippen LogP contribution in [0.5, 0.6) is 5.75 Å². The Labute approximate surface area is 113 Å². The van der Waals surface area contributed by atoms with Gasteiger partial charge in [-0.2, -0.15) is 0 Å². The molecule has 0 saturated carbocycles. The summed E-state index contributed by atoms with van der Waals surface area (Å²) >= 11 is 0. The molecule has 0 amide bonds. The fraction of sp³-hybridized carbons (Fsp3) is 0.533. The molecule has 1 N–H and O–H groups in total. The smallest absolute Gasteiger partial charge is 0.310 e. The van der Waals surface area contributed by atoms with Crippen LogP contribution in [-0.4, -0.2) is 31.4 Å². The lowest BCUT2D eigenvalue weighted by Gasteiger charge is -2.24. The summed E-state index contributed by atoms with van der Waals surface area (Å²) in [5.74, 6) is -0.290.